The number of aliphatic hydroxyl groups excluding tert-OH is 1. The van der Waals surface area contributed by atoms with E-state index in [0.29, 0.717) is 5.92 Å². The maximum Gasteiger partial charge on any atom is 0.490 e. The standard InChI is InChI=1S/C19H21N3O3S.C2HF3O2/c23-11-10-21-26(24,25)15-6-4-13(5-7-15)16-8-9-20-19-17(16)12-18(22-19)14-2-1-3-14;3-2(4,5)1(6)7/h4-9,12,14,21,23H,1-3,10-11H2,(H,20,22);(H,6,7). The molecule has 0 saturated heterocycles. The third kappa shape index (κ3) is 5.89. The number of nitrogens with one attached hydrogen (secondary N) is 2. The summed E-state index contributed by atoms with van der Waals surface area (Å²) in [5, 5.41) is 17.0. The number of aliphatic carboxylic acids is 1. The van der Waals surface area contributed by atoms with Gasteiger partial charge in [0.1, 0.15) is 5.65 Å². The van der Waals surface area contributed by atoms with Crippen LogP contribution >= 0.6 is 0 Å². The van der Waals surface area contributed by atoms with E-state index in [1.807, 2.05) is 6.07 Å². The molecular formula is C21H22F3N3O5S. The van der Waals surface area contributed by atoms with Crippen molar-refractivity contribution in [2.24, 2.45) is 0 Å². The molecule has 12 heteroatoms. The van der Waals surface area contributed by atoms with Crippen molar-refractivity contribution in [3.8, 4) is 11.1 Å². The highest BCUT2D eigenvalue weighted by molar-refractivity contribution is 7.89. The van der Waals surface area contributed by atoms with Crippen LogP contribution in [0.5, 0.6) is 0 Å². The van der Waals surface area contributed by atoms with Gasteiger partial charge in [-0.25, -0.2) is 22.9 Å². The number of sulfonamides is 1. The molecule has 3 aromatic rings. The molecule has 0 radical (unpaired) electrons. The molecule has 1 aliphatic rings. The fourth-order valence-corrected chi connectivity index (χ4v) is 4.34. The first-order valence-corrected chi connectivity index (χ1v) is 11.5. The maximum absolute atomic E-state index is 12.1. The Morgan fingerprint density at radius 2 is 1.82 bits per heavy atom. The largest absolute Gasteiger partial charge is 0.490 e. The van der Waals surface area contributed by atoms with Crippen molar-refractivity contribution in [3.05, 3.63) is 48.3 Å². The predicted molar refractivity (Wildman–Crippen MR) is 114 cm³/mol. The number of H-pyrrole nitrogens is 1. The summed E-state index contributed by atoms with van der Waals surface area (Å²) >= 11 is 0. The Bertz CT molecular complexity index is 1220. The number of benzene rings is 1. The van der Waals surface area contributed by atoms with Crippen molar-refractivity contribution >= 4 is 27.0 Å². The SMILES string of the molecule is O=C(O)C(F)(F)F.O=S(=O)(NCCO)c1ccc(-c2ccnc3[nH]c(C4CCC4)cc23)cc1. The van der Waals surface area contributed by atoms with E-state index < -0.39 is 22.2 Å². The third-order valence-corrected chi connectivity index (χ3v) is 6.70. The molecule has 1 fully saturated rings. The van der Waals surface area contributed by atoms with Crippen LogP contribution in [-0.2, 0) is 14.8 Å². The summed E-state index contributed by atoms with van der Waals surface area (Å²) in [5.74, 6) is -2.16. The van der Waals surface area contributed by atoms with E-state index in [1.54, 1.807) is 30.5 Å². The van der Waals surface area contributed by atoms with E-state index in [1.165, 1.54) is 25.0 Å². The minimum Gasteiger partial charge on any atom is -0.475 e. The van der Waals surface area contributed by atoms with Gasteiger partial charge in [-0.3, -0.25) is 0 Å². The van der Waals surface area contributed by atoms with Gasteiger partial charge in [-0.05, 0) is 54.2 Å². The number of nitrogens with zero attached hydrogens (tertiary/aromatic N) is 1. The van der Waals surface area contributed by atoms with Gasteiger partial charge in [0, 0.05) is 23.8 Å². The number of aliphatic hydroxyl groups is 1. The monoisotopic (exact) mass is 485 g/mol. The number of alkyl halides is 3. The van der Waals surface area contributed by atoms with Gasteiger partial charge in [-0.2, -0.15) is 13.2 Å². The molecule has 0 amide bonds. The first-order valence-electron chi connectivity index (χ1n) is 10.0. The van der Waals surface area contributed by atoms with Crippen molar-refractivity contribution < 1.29 is 36.6 Å². The molecular weight excluding hydrogens is 463 g/mol. The van der Waals surface area contributed by atoms with Crippen LogP contribution in [0, 0.1) is 0 Å². The van der Waals surface area contributed by atoms with Gasteiger partial charge in [-0.15, -0.1) is 0 Å². The smallest absolute Gasteiger partial charge is 0.475 e. The first kappa shape index (κ1) is 24.7. The number of carboxylic acids is 1. The Morgan fingerprint density at radius 3 is 2.33 bits per heavy atom. The van der Waals surface area contributed by atoms with Crippen molar-refractivity contribution in [1.82, 2.24) is 14.7 Å². The van der Waals surface area contributed by atoms with Gasteiger partial charge >= 0.3 is 12.1 Å². The molecule has 178 valence electrons. The zero-order chi connectivity index (χ0) is 24.2. The second-order valence-electron chi connectivity index (χ2n) is 7.42. The topological polar surface area (TPSA) is 132 Å². The average molecular weight is 485 g/mol. The third-order valence-electron chi connectivity index (χ3n) is 5.22. The summed E-state index contributed by atoms with van der Waals surface area (Å²) in [6, 6.07) is 10.9. The maximum atomic E-state index is 12.1. The van der Waals surface area contributed by atoms with Gasteiger partial charge in [-0.1, -0.05) is 18.6 Å². The van der Waals surface area contributed by atoms with Crippen molar-refractivity contribution in [2.75, 3.05) is 13.2 Å². The Balaban J connectivity index is 0.000000383. The fraction of sp³-hybridized carbons (Fsp3) is 0.333. The molecule has 1 aliphatic carbocycles. The Kier molecular flexibility index (Phi) is 7.40. The van der Waals surface area contributed by atoms with Gasteiger partial charge in [0.2, 0.25) is 10.0 Å². The molecule has 0 spiro atoms. The summed E-state index contributed by atoms with van der Waals surface area (Å²) in [6.45, 7) is -0.231. The van der Waals surface area contributed by atoms with Crippen molar-refractivity contribution in [2.45, 2.75) is 36.3 Å². The lowest BCUT2D eigenvalue weighted by Gasteiger charge is -2.23. The van der Waals surface area contributed by atoms with Crippen LogP contribution < -0.4 is 4.72 Å². The highest BCUT2D eigenvalue weighted by Gasteiger charge is 2.38. The molecule has 2 aromatic heterocycles. The molecule has 0 bridgehead atoms. The highest BCUT2D eigenvalue weighted by atomic mass is 32.2. The highest BCUT2D eigenvalue weighted by Crippen LogP contribution is 2.38. The number of carboxylic acid groups (broad SMARTS) is 1. The molecule has 2 heterocycles. The molecule has 1 saturated carbocycles. The number of aromatic nitrogens is 2. The van der Waals surface area contributed by atoms with E-state index in [-0.39, 0.29) is 18.0 Å². The fourth-order valence-electron chi connectivity index (χ4n) is 3.32. The van der Waals surface area contributed by atoms with Crippen LogP contribution in [0.25, 0.3) is 22.2 Å². The second kappa shape index (κ2) is 9.89. The molecule has 4 N–H and O–H groups in total. The lowest BCUT2D eigenvalue weighted by Crippen LogP contribution is -2.26. The summed E-state index contributed by atoms with van der Waals surface area (Å²) in [6.07, 6.45) is 0.401. The summed E-state index contributed by atoms with van der Waals surface area (Å²) in [4.78, 5) is 16.9. The van der Waals surface area contributed by atoms with Crippen LogP contribution in [0.3, 0.4) is 0 Å². The molecule has 0 unspecified atom stereocenters. The van der Waals surface area contributed by atoms with E-state index in [2.05, 4.69) is 20.8 Å². The lowest BCUT2D eigenvalue weighted by molar-refractivity contribution is -0.192. The van der Waals surface area contributed by atoms with Crippen LogP contribution in [0.2, 0.25) is 0 Å². The molecule has 0 atom stereocenters. The normalized spacial score (nSPS) is 14.4. The average Bonchev–Trinajstić information content (AvgIpc) is 3.14. The van der Waals surface area contributed by atoms with E-state index in [9.17, 15) is 21.6 Å². The number of halogens is 3. The van der Waals surface area contributed by atoms with Crippen molar-refractivity contribution in [1.29, 1.82) is 0 Å². The van der Waals surface area contributed by atoms with Crippen LogP contribution in [0.15, 0.2) is 47.5 Å². The minimum atomic E-state index is -5.08. The molecule has 1 aromatic carbocycles. The van der Waals surface area contributed by atoms with Gasteiger partial charge < -0.3 is 15.2 Å². The molecule has 4 rings (SSSR count). The molecule has 8 nitrogen and oxygen atoms in total. The number of pyridine rings is 1. The van der Waals surface area contributed by atoms with Gasteiger partial charge in [0.05, 0.1) is 11.5 Å². The van der Waals surface area contributed by atoms with E-state index in [4.69, 9.17) is 15.0 Å². The number of carbonyl (C=O) groups is 1. The number of aromatic amines is 1. The number of hydrogen-bond donors (Lipinski definition) is 4. The zero-order valence-corrected chi connectivity index (χ0v) is 18.1. The second-order valence-corrected chi connectivity index (χ2v) is 9.19. The zero-order valence-electron chi connectivity index (χ0n) is 17.3. The summed E-state index contributed by atoms with van der Waals surface area (Å²) in [7, 11) is -3.60. The minimum absolute atomic E-state index is 0.00234. The van der Waals surface area contributed by atoms with Crippen LogP contribution in [-0.4, -0.2) is 53.9 Å². The Morgan fingerprint density at radius 1 is 1.18 bits per heavy atom. The number of hydrogen-bond acceptors (Lipinski definition) is 5. The van der Waals surface area contributed by atoms with Gasteiger partial charge in [0.15, 0.2) is 0 Å². The van der Waals surface area contributed by atoms with Gasteiger partial charge in [0.25, 0.3) is 0 Å². The first-order chi connectivity index (χ1) is 15.5. The van der Waals surface area contributed by atoms with E-state index in [0.717, 1.165) is 22.2 Å². The Labute approximate surface area is 187 Å². The Hall–Kier alpha value is -2.96. The van der Waals surface area contributed by atoms with Crippen molar-refractivity contribution in [3.63, 3.8) is 0 Å². The number of fused-ring (bicyclic) bond motifs is 1. The number of rotatable bonds is 6. The molecule has 33 heavy (non-hydrogen) atoms. The van der Waals surface area contributed by atoms with E-state index >= 15 is 0 Å². The summed E-state index contributed by atoms with van der Waals surface area (Å²) in [5.41, 5.74) is 4.08. The van der Waals surface area contributed by atoms with Crippen LogP contribution in [0.4, 0.5) is 13.2 Å². The summed E-state index contributed by atoms with van der Waals surface area (Å²) < 4.78 is 58.3. The lowest BCUT2D eigenvalue weighted by atomic mass is 9.83. The predicted octanol–water partition coefficient (Wildman–Crippen LogP) is 3.40. The quantitative estimate of drug-likeness (QED) is 0.423. The van der Waals surface area contributed by atoms with Crippen LogP contribution in [0.1, 0.15) is 30.9 Å². The molecule has 0 aliphatic heterocycles.